The van der Waals surface area contributed by atoms with E-state index in [2.05, 4.69) is 0 Å². The SMILES string of the molecule is CCn1ccc(C(=O)N2CC[C@@H]2c2cccc(OC)c2)cc1=O. The molecule has 0 unspecified atom stereocenters. The van der Waals surface area contributed by atoms with Gasteiger partial charge in [0.05, 0.1) is 13.2 Å². The minimum Gasteiger partial charge on any atom is -0.497 e. The van der Waals surface area contributed by atoms with Gasteiger partial charge in [0.25, 0.3) is 11.5 Å². The highest BCUT2D eigenvalue weighted by atomic mass is 16.5. The molecule has 0 bridgehead atoms. The largest absolute Gasteiger partial charge is 0.497 e. The molecule has 1 amide bonds. The van der Waals surface area contributed by atoms with Crippen molar-refractivity contribution >= 4 is 5.91 Å². The molecule has 0 aliphatic carbocycles. The van der Waals surface area contributed by atoms with Gasteiger partial charge in [-0.1, -0.05) is 12.1 Å². The number of carbonyl (C=O) groups excluding carboxylic acids is 1. The molecule has 0 N–H and O–H groups in total. The lowest BCUT2D eigenvalue weighted by Gasteiger charge is -2.41. The molecule has 1 saturated heterocycles. The fourth-order valence-electron chi connectivity index (χ4n) is 2.89. The van der Waals surface area contributed by atoms with Gasteiger partial charge < -0.3 is 14.2 Å². The van der Waals surface area contributed by atoms with Crippen LogP contribution in [0, 0.1) is 0 Å². The highest BCUT2D eigenvalue weighted by Crippen LogP contribution is 2.35. The number of methoxy groups -OCH3 is 1. The Kier molecular flexibility index (Phi) is 4.19. The molecule has 1 aromatic carbocycles. The summed E-state index contributed by atoms with van der Waals surface area (Å²) in [6.45, 7) is 3.21. The molecule has 3 rings (SSSR count). The first-order valence-corrected chi connectivity index (χ1v) is 7.79. The fourth-order valence-corrected chi connectivity index (χ4v) is 2.89. The molecule has 1 aromatic heterocycles. The van der Waals surface area contributed by atoms with E-state index in [0.717, 1.165) is 17.7 Å². The average Bonchev–Trinajstić information content (AvgIpc) is 2.54. The van der Waals surface area contributed by atoms with Gasteiger partial charge in [-0.3, -0.25) is 9.59 Å². The first-order valence-electron chi connectivity index (χ1n) is 7.79. The molecule has 0 spiro atoms. The van der Waals surface area contributed by atoms with Crippen molar-refractivity contribution in [1.29, 1.82) is 0 Å². The monoisotopic (exact) mass is 312 g/mol. The van der Waals surface area contributed by atoms with E-state index in [-0.39, 0.29) is 17.5 Å². The van der Waals surface area contributed by atoms with Crippen LogP contribution in [0.2, 0.25) is 0 Å². The Hall–Kier alpha value is -2.56. The first kappa shape index (κ1) is 15.3. The molecule has 5 nitrogen and oxygen atoms in total. The van der Waals surface area contributed by atoms with Crippen LogP contribution < -0.4 is 10.3 Å². The van der Waals surface area contributed by atoms with E-state index in [9.17, 15) is 9.59 Å². The van der Waals surface area contributed by atoms with Gasteiger partial charge >= 0.3 is 0 Å². The Morgan fingerprint density at radius 1 is 1.30 bits per heavy atom. The van der Waals surface area contributed by atoms with Crippen molar-refractivity contribution in [3.63, 3.8) is 0 Å². The summed E-state index contributed by atoms with van der Waals surface area (Å²) in [4.78, 5) is 26.4. The number of ether oxygens (including phenoxy) is 1. The molecule has 1 atom stereocenters. The summed E-state index contributed by atoms with van der Waals surface area (Å²) in [5, 5.41) is 0. The van der Waals surface area contributed by atoms with Crippen LogP contribution in [-0.2, 0) is 6.54 Å². The van der Waals surface area contributed by atoms with Crippen molar-refractivity contribution < 1.29 is 9.53 Å². The zero-order chi connectivity index (χ0) is 16.4. The minimum absolute atomic E-state index is 0.0474. The molecule has 2 aromatic rings. The van der Waals surface area contributed by atoms with Crippen molar-refractivity contribution in [2.24, 2.45) is 0 Å². The second-order valence-corrected chi connectivity index (χ2v) is 5.62. The van der Waals surface area contributed by atoms with Crippen LogP contribution in [0.5, 0.6) is 5.75 Å². The first-order chi connectivity index (χ1) is 11.1. The highest BCUT2D eigenvalue weighted by Gasteiger charge is 2.34. The summed E-state index contributed by atoms with van der Waals surface area (Å²) >= 11 is 0. The van der Waals surface area contributed by atoms with Gasteiger partial charge in [-0.15, -0.1) is 0 Å². The summed E-state index contributed by atoms with van der Waals surface area (Å²) in [5.41, 5.74) is 1.37. The van der Waals surface area contributed by atoms with Crippen molar-refractivity contribution in [3.8, 4) is 5.75 Å². The number of nitrogens with zero attached hydrogens (tertiary/aromatic N) is 2. The number of carbonyl (C=O) groups is 1. The zero-order valence-electron chi connectivity index (χ0n) is 13.4. The highest BCUT2D eigenvalue weighted by molar-refractivity contribution is 5.94. The van der Waals surface area contributed by atoms with Crippen LogP contribution in [0.1, 0.15) is 35.3 Å². The fraction of sp³-hybridized carbons (Fsp3) is 0.333. The van der Waals surface area contributed by atoms with Crippen molar-refractivity contribution in [2.45, 2.75) is 25.9 Å². The summed E-state index contributed by atoms with van der Waals surface area (Å²) in [6, 6.07) is 11.0. The number of hydrogen-bond donors (Lipinski definition) is 0. The van der Waals surface area contributed by atoms with Crippen LogP contribution in [0.4, 0.5) is 0 Å². The molecule has 0 saturated carbocycles. The molecule has 1 aliphatic heterocycles. The smallest absolute Gasteiger partial charge is 0.254 e. The van der Waals surface area contributed by atoms with Crippen LogP contribution >= 0.6 is 0 Å². The molecule has 1 aliphatic rings. The van der Waals surface area contributed by atoms with Crippen molar-refractivity contribution in [2.75, 3.05) is 13.7 Å². The number of amides is 1. The van der Waals surface area contributed by atoms with Crippen molar-refractivity contribution in [1.82, 2.24) is 9.47 Å². The topological polar surface area (TPSA) is 51.5 Å². The molecule has 1 fully saturated rings. The Morgan fingerprint density at radius 3 is 2.74 bits per heavy atom. The number of likely N-dealkylation sites (tertiary alicyclic amines) is 1. The Balaban J connectivity index is 1.82. The van der Waals surface area contributed by atoms with Gasteiger partial charge in [0, 0.05) is 30.9 Å². The summed E-state index contributed by atoms with van der Waals surface area (Å²) in [5.74, 6) is 0.691. The minimum atomic E-state index is -0.142. The Bertz CT molecular complexity index is 782. The quantitative estimate of drug-likeness (QED) is 0.871. The van der Waals surface area contributed by atoms with E-state index in [0.29, 0.717) is 18.7 Å². The lowest BCUT2D eigenvalue weighted by Crippen LogP contribution is -2.45. The Labute approximate surface area is 135 Å². The number of hydrogen-bond acceptors (Lipinski definition) is 3. The maximum atomic E-state index is 12.7. The lowest BCUT2D eigenvalue weighted by molar-refractivity contribution is 0.0459. The van der Waals surface area contributed by atoms with E-state index in [1.165, 1.54) is 6.07 Å². The predicted molar refractivity (Wildman–Crippen MR) is 87.8 cm³/mol. The maximum Gasteiger partial charge on any atom is 0.254 e. The van der Waals surface area contributed by atoms with Crippen LogP contribution in [0.3, 0.4) is 0 Å². The second kappa shape index (κ2) is 6.28. The number of aryl methyl sites for hydroxylation is 1. The normalized spacial score (nSPS) is 16.8. The second-order valence-electron chi connectivity index (χ2n) is 5.62. The zero-order valence-corrected chi connectivity index (χ0v) is 13.4. The van der Waals surface area contributed by atoms with Gasteiger partial charge in [0.15, 0.2) is 0 Å². The molecular weight excluding hydrogens is 292 g/mol. The Morgan fingerprint density at radius 2 is 2.13 bits per heavy atom. The molecule has 2 heterocycles. The van der Waals surface area contributed by atoms with E-state index in [1.54, 1.807) is 28.8 Å². The van der Waals surface area contributed by atoms with Gasteiger partial charge in [-0.05, 0) is 37.1 Å². The van der Waals surface area contributed by atoms with E-state index < -0.39 is 0 Å². The predicted octanol–water partition coefficient (Wildman–Crippen LogP) is 2.46. The van der Waals surface area contributed by atoms with Crippen LogP contribution in [0.15, 0.2) is 47.4 Å². The van der Waals surface area contributed by atoms with Gasteiger partial charge in [0.2, 0.25) is 0 Å². The number of rotatable bonds is 4. The molecule has 0 radical (unpaired) electrons. The number of aromatic nitrogens is 1. The van der Waals surface area contributed by atoms with Crippen LogP contribution in [0.25, 0.3) is 0 Å². The third-order valence-corrected chi connectivity index (χ3v) is 4.34. The van der Waals surface area contributed by atoms with Crippen LogP contribution in [-0.4, -0.2) is 29.0 Å². The maximum absolute atomic E-state index is 12.7. The third-order valence-electron chi connectivity index (χ3n) is 4.34. The number of pyridine rings is 1. The summed E-state index contributed by atoms with van der Waals surface area (Å²) in [7, 11) is 1.63. The number of benzene rings is 1. The molecule has 23 heavy (non-hydrogen) atoms. The van der Waals surface area contributed by atoms with Gasteiger partial charge in [-0.2, -0.15) is 0 Å². The van der Waals surface area contributed by atoms with Gasteiger partial charge in [-0.25, -0.2) is 0 Å². The summed E-state index contributed by atoms with van der Waals surface area (Å²) < 4.78 is 6.82. The molecular formula is C18H20N2O3. The van der Waals surface area contributed by atoms with Gasteiger partial charge in [0.1, 0.15) is 5.75 Å². The standard InChI is InChI=1S/C18H20N2O3/c1-3-19-9-7-14(12-17(19)21)18(22)20-10-8-16(20)13-5-4-6-15(11-13)23-2/h4-7,9,11-12,16H,3,8,10H2,1-2H3/t16-/m1/s1. The average molecular weight is 312 g/mol. The van der Waals surface area contributed by atoms with E-state index in [4.69, 9.17) is 4.74 Å². The van der Waals surface area contributed by atoms with E-state index in [1.807, 2.05) is 31.2 Å². The molecule has 120 valence electrons. The van der Waals surface area contributed by atoms with Crippen molar-refractivity contribution in [3.05, 3.63) is 64.1 Å². The summed E-state index contributed by atoms with van der Waals surface area (Å²) in [6.07, 6.45) is 2.60. The lowest BCUT2D eigenvalue weighted by atomic mass is 9.93. The molecule has 5 heteroatoms. The van der Waals surface area contributed by atoms with E-state index >= 15 is 0 Å². The third kappa shape index (κ3) is 2.86.